The number of hydrogen-bond donors (Lipinski definition) is 1. The second-order valence-electron chi connectivity index (χ2n) is 5.11. The lowest BCUT2D eigenvalue weighted by atomic mass is 9.98. The molecule has 1 unspecified atom stereocenters. The van der Waals surface area contributed by atoms with E-state index in [9.17, 15) is 4.79 Å². The van der Waals surface area contributed by atoms with E-state index in [0.29, 0.717) is 12.4 Å². The van der Waals surface area contributed by atoms with E-state index in [2.05, 4.69) is 11.4 Å². The van der Waals surface area contributed by atoms with Gasteiger partial charge in [0.1, 0.15) is 11.5 Å². The number of aryl methyl sites for hydroxylation is 2. The van der Waals surface area contributed by atoms with Crippen LogP contribution in [0.4, 0.5) is 0 Å². The third-order valence-electron chi connectivity index (χ3n) is 3.47. The molecule has 2 aromatic rings. The van der Waals surface area contributed by atoms with Gasteiger partial charge in [-0.2, -0.15) is 0 Å². The minimum atomic E-state index is -0.183. The van der Waals surface area contributed by atoms with Crippen molar-refractivity contribution in [3.8, 4) is 5.75 Å². The average Bonchev–Trinajstić information content (AvgIpc) is 2.86. The second kappa shape index (κ2) is 5.04. The summed E-state index contributed by atoms with van der Waals surface area (Å²) in [6, 6.07) is 9.49. The van der Waals surface area contributed by atoms with Crippen LogP contribution >= 0.6 is 0 Å². The van der Waals surface area contributed by atoms with Gasteiger partial charge in [-0.3, -0.25) is 4.79 Å². The molecule has 1 aliphatic heterocycles. The molecule has 0 spiro atoms. The third-order valence-corrected chi connectivity index (χ3v) is 3.47. The summed E-state index contributed by atoms with van der Waals surface area (Å²) in [6.07, 6.45) is 0.766. The fraction of sp³-hybridized carbons (Fsp3) is 0.312. The number of amides is 1. The van der Waals surface area contributed by atoms with Crippen molar-refractivity contribution in [2.45, 2.75) is 26.3 Å². The minimum absolute atomic E-state index is 0.0310. The van der Waals surface area contributed by atoms with E-state index in [4.69, 9.17) is 9.15 Å². The predicted octanol–water partition coefficient (Wildman–Crippen LogP) is 3.15. The molecular formula is C16H17NO3. The molecule has 3 rings (SSSR count). The number of ether oxygens (including phenoxy) is 1. The highest BCUT2D eigenvalue weighted by Gasteiger charge is 2.24. The van der Waals surface area contributed by atoms with Crippen molar-refractivity contribution in [2.75, 3.05) is 6.61 Å². The molecule has 2 heterocycles. The number of carbonyl (C=O) groups excluding carboxylic acids is 1. The molecule has 0 saturated heterocycles. The Morgan fingerprint density at radius 2 is 2.10 bits per heavy atom. The first-order valence-corrected chi connectivity index (χ1v) is 6.74. The van der Waals surface area contributed by atoms with Gasteiger partial charge in [0.2, 0.25) is 0 Å². The molecule has 1 amide bonds. The van der Waals surface area contributed by atoms with E-state index in [1.165, 1.54) is 0 Å². The summed E-state index contributed by atoms with van der Waals surface area (Å²) in [5, 5.41) is 3.02. The average molecular weight is 271 g/mol. The second-order valence-corrected chi connectivity index (χ2v) is 5.11. The molecule has 0 saturated carbocycles. The molecule has 4 heteroatoms. The van der Waals surface area contributed by atoms with Crippen molar-refractivity contribution >= 4 is 5.91 Å². The zero-order chi connectivity index (χ0) is 14.1. The fourth-order valence-electron chi connectivity index (χ4n) is 2.45. The molecule has 4 nitrogen and oxygen atoms in total. The fourth-order valence-corrected chi connectivity index (χ4v) is 2.45. The van der Waals surface area contributed by atoms with Crippen LogP contribution in [-0.2, 0) is 0 Å². The highest BCUT2D eigenvalue weighted by molar-refractivity contribution is 5.91. The van der Waals surface area contributed by atoms with Gasteiger partial charge in [-0.25, -0.2) is 0 Å². The van der Waals surface area contributed by atoms with E-state index in [0.717, 1.165) is 29.1 Å². The number of nitrogens with one attached hydrogen (secondary N) is 1. The van der Waals surface area contributed by atoms with Crippen molar-refractivity contribution in [3.05, 3.63) is 53.0 Å². The molecule has 0 radical (unpaired) electrons. The number of fused-ring (bicyclic) bond motifs is 1. The number of furan rings is 1. The van der Waals surface area contributed by atoms with Gasteiger partial charge in [-0.1, -0.05) is 17.7 Å². The quantitative estimate of drug-likeness (QED) is 0.912. The maximum Gasteiger partial charge on any atom is 0.287 e. The molecule has 104 valence electrons. The van der Waals surface area contributed by atoms with Crippen molar-refractivity contribution < 1.29 is 13.9 Å². The summed E-state index contributed by atoms with van der Waals surface area (Å²) >= 11 is 0. The van der Waals surface area contributed by atoms with Gasteiger partial charge in [0.25, 0.3) is 5.91 Å². The molecule has 0 fully saturated rings. The van der Waals surface area contributed by atoms with E-state index in [-0.39, 0.29) is 11.9 Å². The first-order valence-electron chi connectivity index (χ1n) is 6.74. The van der Waals surface area contributed by atoms with Gasteiger partial charge in [0, 0.05) is 12.0 Å². The monoisotopic (exact) mass is 271 g/mol. The maximum atomic E-state index is 12.2. The molecule has 0 aliphatic carbocycles. The Kier molecular flexibility index (Phi) is 3.22. The van der Waals surface area contributed by atoms with Crippen LogP contribution in [-0.4, -0.2) is 12.5 Å². The first-order chi connectivity index (χ1) is 9.63. The summed E-state index contributed by atoms with van der Waals surface area (Å²) in [6.45, 7) is 4.46. The Hall–Kier alpha value is -2.23. The van der Waals surface area contributed by atoms with Gasteiger partial charge in [0.15, 0.2) is 5.76 Å². The molecule has 1 N–H and O–H groups in total. The Bertz CT molecular complexity index is 645. The van der Waals surface area contributed by atoms with Crippen LogP contribution in [0.1, 0.15) is 39.9 Å². The Balaban J connectivity index is 1.82. The molecule has 0 bridgehead atoms. The molecular weight excluding hydrogens is 254 g/mol. The molecule has 1 aromatic carbocycles. The Morgan fingerprint density at radius 1 is 1.25 bits per heavy atom. The predicted molar refractivity (Wildman–Crippen MR) is 74.9 cm³/mol. The van der Waals surface area contributed by atoms with Gasteiger partial charge in [-0.05, 0) is 32.0 Å². The van der Waals surface area contributed by atoms with Crippen LogP contribution < -0.4 is 10.1 Å². The molecule has 1 atom stereocenters. The van der Waals surface area contributed by atoms with Crippen LogP contribution in [0.25, 0.3) is 0 Å². The summed E-state index contributed by atoms with van der Waals surface area (Å²) in [7, 11) is 0. The number of benzene rings is 1. The van der Waals surface area contributed by atoms with Crippen LogP contribution in [0, 0.1) is 13.8 Å². The number of hydrogen-bond acceptors (Lipinski definition) is 3. The summed E-state index contributed by atoms with van der Waals surface area (Å²) in [5.74, 6) is 1.75. The highest BCUT2D eigenvalue weighted by atomic mass is 16.5. The topological polar surface area (TPSA) is 51.5 Å². The first kappa shape index (κ1) is 12.8. The lowest BCUT2D eigenvalue weighted by Gasteiger charge is -2.26. The summed E-state index contributed by atoms with van der Waals surface area (Å²) < 4.78 is 11.0. The lowest BCUT2D eigenvalue weighted by Crippen LogP contribution is -2.32. The summed E-state index contributed by atoms with van der Waals surface area (Å²) in [5.41, 5.74) is 2.19. The van der Waals surface area contributed by atoms with Crippen molar-refractivity contribution in [1.29, 1.82) is 0 Å². The zero-order valence-corrected chi connectivity index (χ0v) is 11.6. The van der Waals surface area contributed by atoms with Crippen molar-refractivity contribution in [3.63, 3.8) is 0 Å². The van der Waals surface area contributed by atoms with E-state index in [1.54, 1.807) is 12.1 Å². The summed E-state index contributed by atoms with van der Waals surface area (Å²) in [4.78, 5) is 12.2. The molecule has 1 aromatic heterocycles. The highest BCUT2D eigenvalue weighted by Crippen LogP contribution is 2.32. The largest absolute Gasteiger partial charge is 0.493 e. The van der Waals surface area contributed by atoms with Gasteiger partial charge in [0.05, 0.1) is 12.6 Å². The van der Waals surface area contributed by atoms with Crippen LogP contribution in [0.5, 0.6) is 5.75 Å². The number of rotatable bonds is 2. The third kappa shape index (κ3) is 2.41. The van der Waals surface area contributed by atoms with Crippen molar-refractivity contribution in [2.24, 2.45) is 0 Å². The van der Waals surface area contributed by atoms with Gasteiger partial charge in [-0.15, -0.1) is 0 Å². The van der Waals surface area contributed by atoms with E-state index < -0.39 is 0 Å². The van der Waals surface area contributed by atoms with E-state index >= 15 is 0 Å². The van der Waals surface area contributed by atoms with Crippen LogP contribution in [0.2, 0.25) is 0 Å². The molecule has 20 heavy (non-hydrogen) atoms. The number of carbonyl (C=O) groups is 1. The lowest BCUT2D eigenvalue weighted by molar-refractivity contribution is 0.0895. The zero-order valence-electron chi connectivity index (χ0n) is 11.6. The van der Waals surface area contributed by atoms with Crippen LogP contribution in [0.15, 0.2) is 34.7 Å². The Labute approximate surface area is 117 Å². The maximum absolute atomic E-state index is 12.2. The van der Waals surface area contributed by atoms with Gasteiger partial charge < -0.3 is 14.5 Å². The van der Waals surface area contributed by atoms with Crippen molar-refractivity contribution in [1.82, 2.24) is 5.32 Å². The van der Waals surface area contributed by atoms with E-state index in [1.807, 2.05) is 26.0 Å². The van der Waals surface area contributed by atoms with Gasteiger partial charge >= 0.3 is 0 Å². The SMILES string of the molecule is Cc1ccc2c(c1)C(NC(=O)c1ccc(C)o1)CCO2. The minimum Gasteiger partial charge on any atom is -0.493 e. The smallest absolute Gasteiger partial charge is 0.287 e. The Morgan fingerprint density at radius 3 is 2.85 bits per heavy atom. The molecule has 1 aliphatic rings. The normalized spacial score (nSPS) is 17.2. The standard InChI is InChI=1S/C16H17NO3/c1-10-3-5-14-12(9-10)13(7-8-19-14)17-16(18)15-6-4-11(2)20-15/h3-6,9,13H,7-8H2,1-2H3,(H,17,18). The van der Waals surface area contributed by atoms with Crippen LogP contribution in [0.3, 0.4) is 0 Å².